The maximum atomic E-state index is 13.7. The monoisotopic (exact) mass is 709 g/mol. The Kier molecular flexibility index (Phi) is 9.04. The number of benzene rings is 5. The van der Waals surface area contributed by atoms with Gasteiger partial charge in [0.25, 0.3) is 0 Å². The Morgan fingerprint density at radius 1 is 0.273 bits per heavy atom. The molecular weight excluding hydrogens is 678 g/mol. The molecule has 5 nitrogen and oxygen atoms in total. The molecule has 0 unspecified atom stereocenters. The highest BCUT2D eigenvalue weighted by atomic mass is 19.1. The summed E-state index contributed by atoms with van der Waals surface area (Å²) in [5, 5.41) is 0. The molecule has 0 aliphatic carbocycles. The molecule has 0 radical (unpaired) electrons. The number of halogens is 1. The van der Waals surface area contributed by atoms with Crippen LogP contribution in [0, 0.1) is 5.82 Å². The van der Waals surface area contributed by atoms with Gasteiger partial charge in [0, 0.05) is 28.5 Å². The van der Waals surface area contributed by atoms with Crippen LogP contribution in [0.15, 0.2) is 194 Å². The van der Waals surface area contributed by atoms with E-state index in [-0.39, 0.29) is 5.82 Å². The van der Waals surface area contributed by atoms with Crippen molar-refractivity contribution in [3.05, 3.63) is 200 Å². The van der Waals surface area contributed by atoms with Crippen LogP contribution in [-0.2, 0) is 0 Å². The number of hydrogen-bond acceptors (Lipinski definition) is 5. The van der Waals surface area contributed by atoms with Gasteiger partial charge in [0.15, 0.2) is 5.82 Å². The highest BCUT2D eigenvalue weighted by Gasteiger charge is 2.13. The Morgan fingerprint density at radius 3 is 1.16 bits per heavy atom. The van der Waals surface area contributed by atoms with Crippen LogP contribution in [0.1, 0.15) is 0 Å². The summed E-state index contributed by atoms with van der Waals surface area (Å²) in [6.45, 7) is 0. The first kappa shape index (κ1) is 33.4. The summed E-state index contributed by atoms with van der Waals surface area (Å²) in [4.78, 5) is 23.9. The van der Waals surface area contributed by atoms with Crippen molar-refractivity contribution in [3.63, 3.8) is 0 Å². The van der Waals surface area contributed by atoms with Crippen LogP contribution in [0.5, 0.6) is 0 Å². The molecular formula is C49H32FN5. The average Bonchev–Trinajstić information content (AvgIpc) is 3.27. The molecule has 0 atom stereocenters. The Morgan fingerprint density at radius 2 is 0.691 bits per heavy atom. The van der Waals surface area contributed by atoms with Gasteiger partial charge in [-0.15, -0.1) is 0 Å². The van der Waals surface area contributed by atoms with Gasteiger partial charge in [-0.05, 0) is 64.2 Å². The Bertz CT molecular complexity index is 2640. The molecule has 9 rings (SSSR count). The second-order valence-corrected chi connectivity index (χ2v) is 13.1. The SMILES string of the molecule is Fc1ccc(-c2cc(-c3ccccc3)cc(-c3ccc(-c4ccc(-c5ccc(-c6nc(-c7ccccc7)cc(-c7ccccc7)n6)cc5)cc4)cn3)n2)nc1. The van der Waals surface area contributed by atoms with Gasteiger partial charge >= 0.3 is 0 Å². The zero-order valence-electron chi connectivity index (χ0n) is 29.6. The molecule has 5 aromatic carbocycles. The van der Waals surface area contributed by atoms with Crippen molar-refractivity contribution in [3.8, 4) is 90.1 Å². The van der Waals surface area contributed by atoms with E-state index >= 15 is 0 Å². The summed E-state index contributed by atoms with van der Waals surface area (Å²) in [6, 6.07) is 60.6. The van der Waals surface area contributed by atoms with Crippen molar-refractivity contribution >= 4 is 0 Å². The van der Waals surface area contributed by atoms with Gasteiger partial charge in [-0.1, -0.05) is 146 Å². The van der Waals surface area contributed by atoms with E-state index in [0.29, 0.717) is 22.9 Å². The van der Waals surface area contributed by atoms with Gasteiger partial charge in [-0.25, -0.2) is 19.3 Å². The van der Waals surface area contributed by atoms with Crippen molar-refractivity contribution < 1.29 is 4.39 Å². The highest BCUT2D eigenvalue weighted by Crippen LogP contribution is 2.32. The van der Waals surface area contributed by atoms with Gasteiger partial charge < -0.3 is 0 Å². The lowest BCUT2D eigenvalue weighted by atomic mass is 9.99. The van der Waals surface area contributed by atoms with Crippen molar-refractivity contribution in [1.29, 1.82) is 0 Å². The molecule has 0 aliphatic heterocycles. The average molecular weight is 710 g/mol. The molecule has 6 heteroatoms. The summed E-state index contributed by atoms with van der Waals surface area (Å²) in [5.74, 6) is 0.295. The molecule has 4 aromatic heterocycles. The number of nitrogens with zero attached hydrogens (tertiary/aromatic N) is 5. The lowest BCUT2D eigenvalue weighted by Crippen LogP contribution is -1.95. The summed E-state index contributed by atoms with van der Waals surface area (Å²) in [6.07, 6.45) is 3.08. The molecule has 0 saturated carbocycles. The fourth-order valence-corrected chi connectivity index (χ4v) is 6.59. The predicted octanol–water partition coefficient (Wildman–Crippen LogP) is 12.1. The van der Waals surface area contributed by atoms with Crippen LogP contribution in [0.25, 0.3) is 90.1 Å². The van der Waals surface area contributed by atoms with Crippen LogP contribution in [0.4, 0.5) is 4.39 Å². The summed E-state index contributed by atoms with van der Waals surface area (Å²) < 4.78 is 13.7. The van der Waals surface area contributed by atoms with E-state index in [1.165, 1.54) is 12.3 Å². The van der Waals surface area contributed by atoms with Crippen LogP contribution in [0.3, 0.4) is 0 Å². The highest BCUT2D eigenvalue weighted by molar-refractivity contribution is 5.77. The summed E-state index contributed by atoms with van der Waals surface area (Å²) in [5.41, 5.74) is 13.8. The fourth-order valence-electron chi connectivity index (χ4n) is 6.59. The second-order valence-electron chi connectivity index (χ2n) is 13.1. The van der Waals surface area contributed by atoms with E-state index in [4.69, 9.17) is 19.9 Å². The minimum atomic E-state index is -0.389. The van der Waals surface area contributed by atoms with Crippen LogP contribution < -0.4 is 0 Å². The fraction of sp³-hybridized carbons (Fsp3) is 0. The van der Waals surface area contributed by atoms with Crippen molar-refractivity contribution in [2.45, 2.75) is 0 Å². The first-order chi connectivity index (χ1) is 27.1. The van der Waals surface area contributed by atoms with E-state index in [0.717, 1.165) is 67.2 Å². The molecule has 55 heavy (non-hydrogen) atoms. The number of rotatable bonds is 8. The van der Waals surface area contributed by atoms with Gasteiger partial charge in [0.05, 0.1) is 40.4 Å². The zero-order chi connectivity index (χ0) is 37.0. The van der Waals surface area contributed by atoms with Crippen LogP contribution >= 0.6 is 0 Å². The molecule has 0 saturated heterocycles. The second kappa shape index (κ2) is 14.9. The molecule has 0 bridgehead atoms. The lowest BCUT2D eigenvalue weighted by molar-refractivity contribution is 0.622. The third kappa shape index (κ3) is 7.30. The van der Waals surface area contributed by atoms with E-state index < -0.39 is 0 Å². The van der Waals surface area contributed by atoms with Crippen molar-refractivity contribution in [2.75, 3.05) is 0 Å². The van der Waals surface area contributed by atoms with E-state index in [1.807, 2.05) is 79.0 Å². The molecule has 0 fully saturated rings. The molecule has 4 heterocycles. The van der Waals surface area contributed by atoms with Gasteiger partial charge in [0.1, 0.15) is 5.82 Å². The van der Waals surface area contributed by atoms with Crippen LogP contribution in [-0.4, -0.2) is 24.9 Å². The van der Waals surface area contributed by atoms with Crippen molar-refractivity contribution in [2.24, 2.45) is 0 Å². The van der Waals surface area contributed by atoms with E-state index in [2.05, 4.69) is 102 Å². The Balaban J connectivity index is 0.968. The third-order valence-electron chi connectivity index (χ3n) is 9.51. The minimum Gasteiger partial charge on any atom is -0.254 e. The normalized spacial score (nSPS) is 11.0. The zero-order valence-corrected chi connectivity index (χ0v) is 29.6. The first-order valence-corrected chi connectivity index (χ1v) is 18.0. The standard InChI is InChI=1S/C49H32FN5/c50-42-25-27-44(52-32-42)48-29-41(33-10-4-1-5-11-33)28-47(53-48)43-26-24-40(31-51-43)36-18-16-34(17-19-36)35-20-22-39(23-21-35)49-54-45(37-12-6-2-7-13-37)30-46(55-49)38-14-8-3-9-15-38/h1-32H. The number of hydrogen-bond donors (Lipinski definition) is 0. The number of pyridine rings is 3. The molecule has 0 N–H and O–H groups in total. The molecule has 0 spiro atoms. The smallest absolute Gasteiger partial charge is 0.160 e. The predicted molar refractivity (Wildman–Crippen MR) is 219 cm³/mol. The number of aromatic nitrogens is 5. The maximum absolute atomic E-state index is 13.7. The van der Waals surface area contributed by atoms with Gasteiger partial charge in [-0.2, -0.15) is 0 Å². The van der Waals surface area contributed by atoms with Crippen LogP contribution in [0.2, 0.25) is 0 Å². The maximum Gasteiger partial charge on any atom is 0.160 e. The summed E-state index contributed by atoms with van der Waals surface area (Å²) >= 11 is 0. The minimum absolute atomic E-state index is 0.389. The molecule has 0 aliphatic rings. The van der Waals surface area contributed by atoms with Gasteiger partial charge in [-0.3, -0.25) is 9.97 Å². The van der Waals surface area contributed by atoms with Crippen molar-refractivity contribution in [1.82, 2.24) is 24.9 Å². The third-order valence-corrected chi connectivity index (χ3v) is 9.51. The van der Waals surface area contributed by atoms with Gasteiger partial charge in [0.2, 0.25) is 0 Å². The Labute approximate surface area is 318 Å². The Hall–Kier alpha value is -7.44. The lowest BCUT2D eigenvalue weighted by Gasteiger charge is -2.11. The quantitative estimate of drug-likeness (QED) is 0.157. The van der Waals surface area contributed by atoms with E-state index in [9.17, 15) is 4.39 Å². The van der Waals surface area contributed by atoms with E-state index in [1.54, 1.807) is 6.07 Å². The molecule has 0 amide bonds. The molecule has 9 aromatic rings. The molecule has 260 valence electrons. The largest absolute Gasteiger partial charge is 0.254 e. The topological polar surface area (TPSA) is 64.5 Å². The summed E-state index contributed by atoms with van der Waals surface area (Å²) in [7, 11) is 0. The first-order valence-electron chi connectivity index (χ1n) is 18.0.